The van der Waals surface area contributed by atoms with Crippen LogP contribution in [0.25, 0.3) is 0 Å². The van der Waals surface area contributed by atoms with E-state index < -0.39 is 12.1 Å². The van der Waals surface area contributed by atoms with Crippen LogP contribution in [0.4, 0.5) is 5.69 Å². The molecular weight excluding hydrogens is 394 g/mol. The van der Waals surface area contributed by atoms with E-state index in [9.17, 15) is 4.79 Å². The molecule has 0 spiro atoms. The van der Waals surface area contributed by atoms with Crippen molar-refractivity contribution in [1.29, 1.82) is 5.41 Å². The second-order valence-electron chi connectivity index (χ2n) is 6.75. The van der Waals surface area contributed by atoms with Crippen molar-refractivity contribution < 1.29 is 14.3 Å². The second kappa shape index (κ2) is 10.5. The topological polar surface area (TPSA) is 122 Å². The fraction of sp³-hybridized carbons (Fsp3) is 0.304. The molecule has 2 atom stereocenters. The number of aliphatic imine (C=N–C) groups is 2. The van der Waals surface area contributed by atoms with E-state index in [1.54, 1.807) is 0 Å². The number of para-hydroxylation sites is 1. The Morgan fingerprint density at radius 3 is 2.61 bits per heavy atom. The standard InChI is InChI=1S/C21H21N5O3.C2H6/c22-18(14-10-11-28-12-14)29-21(23)26-19-20(27)24-16-9-5-4-8-15(16)17(25-19)13-6-2-1-3-7-13;1-2/h1-9,14,19,22H,10-12H2,(H2,23,26)(H,24,27);1-2H3. The minimum Gasteiger partial charge on any atom is -0.411 e. The maximum absolute atomic E-state index is 12.7. The molecule has 1 saturated heterocycles. The SMILES string of the molecule is CC.N=C(O/C(N)=N/C1N=C(c2ccccc2)c2ccccc2NC1=O)C1CCOC1. The maximum atomic E-state index is 12.7. The summed E-state index contributed by atoms with van der Waals surface area (Å²) in [5, 5.41) is 10.8. The van der Waals surface area contributed by atoms with Crippen molar-refractivity contribution in [2.75, 3.05) is 18.5 Å². The van der Waals surface area contributed by atoms with Gasteiger partial charge in [0, 0.05) is 17.7 Å². The zero-order chi connectivity index (χ0) is 22.2. The number of anilines is 1. The molecule has 8 heteroatoms. The first-order chi connectivity index (χ1) is 15.1. The number of hydrogen-bond acceptors (Lipinski definition) is 6. The van der Waals surface area contributed by atoms with Crippen LogP contribution in [0.3, 0.4) is 0 Å². The van der Waals surface area contributed by atoms with Gasteiger partial charge < -0.3 is 20.5 Å². The van der Waals surface area contributed by atoms with E-state index in [4.69, 9.17) is 20.6 Å². The van der Waals surface area contributed by atoms with Crippen LogP contribution in [0, 0.1) is 11.3 Å². The summed E-state index contributed by atoms with van der Waals surface area (Å²) in [7, 11) is 0. The zero-order valence-corrected chi connectivity index (χ0v) is 17.7. The van der Waals surface area contributed by atoms with Gasteiger partial charge >= 0.3 is 0 Å². The molecule has 4 N–H and O–H groups in total. The highest BCUT2D eigenvalue weighted by Gasteiger charge is 2.27. The smallest absolute Gasteiger partial charge is 0.291 e. The Morgan fingerprint density at radius 1 is 1.19 bits per heavy atom. The Labute approximate surface area is 181 Å². The summed E-state index contributed by atoms with van der Waals surface area (Å²) in [6.45, 7) is 5.00. The van der Waals surface area contributed by atoms with E-state index in [2.05, 4.69) is 15.3 Å². The van der Waals surface area contributed by atoms with Crippen molar-refractivity contribution in [3.8, 4) is 0 Å². The second-order valence-corrected chi connectivity index (χ2v) is 6.75. The minimum absolute atomic E-state index is 0.0201. The molecule has 162 valence electrons. The van der Waals surface area contributed by atoms with Gasteiger partial charge in [0.05, 0.1) is 23.9 Å². The van der Waals surface area contributed by atoms with Crippen LogP contribution in [0.1, 0.15) is 31.4 Å². The average molecular weight is 422 g/mol. The number of fused-ring (bicyclic) bond motifs is 1. The highest BCUT2D eigenvalue weighted by atomic mass is 16.5. The number of amides is 1. The lowest BCUT2D eigenvalue weighted by molar-refractivity contribution is -0.117. The van der Waals surface area contributed by atoms with Gasteiger partial charge in [0.1, 0.15) is 0 Å². The van der Waals surface area contributed by atoms with E-state index >= 15 is 0 Å². The van der Waals surface area contributed by atoms with Gasteiger partial charge in [0.2, 0.25) is 6.17 Å². The van der Waals surface area contributed by atoms with Crippen LogP contribution in [-0.2, 0) is 14.3 Å². The largest absolute Gasteiger partial charge is 0.411 e. The number of amidine groups is 1. The molecule has 1 amide bonds. The summed E-state index contributed by atoms with van der Waals surface area (Å²) in [5.74, 6) is -0.599. The van der Waals surface area contributed by atoms with Crippen molar-refractivity contribution in [1.82, 2.24) is 0 Å². The van der Waals surface area contributed by atoms with Gasteiger partial charge in [0.25, 0.3) is 11.9 Å². The molecule has 2 aliphatic heterocycles. The predicted molar refractivity (Wildman–Crippen MR) is 122 cm³/mol. The molecular formula is C23H27N5O3. The fourth-order valence-corrected chi connectivity index (χ4v) is 3.24. The Balaban J connectivity index is 0.00000132. The van der Waals surface area contributed by atoms with Gasteiger partial charge in [-0.3, -0.25) is 10.2 Å². The van der Waals surface area contributed by atoms with E-state index in [-0.39, 0.29) is 17.8 Å². The van der Waals surface area contributed by atoms with E-state index in [1.807, 2.05) is 68.4 Å². The normalized spacial score (nSPS) is 20.4. The molecule has 31 heavy (non-hydrogen) atoms. The number of carbonyl (C=O) groups is 1. The van der Waals surface area contributed by atoms with Gasteiger partial charge in [0.15, 0.2) is 5.90 Å². The number of nitrogens with one attached hydrogen (secondary N) is 2. The quantitative estimate of drug-likeness (QED) is 0.520. The molecule has 2 heterocycles. The lowest BCUT2D eigenvalue weighted by Gasteiger charge is -2.12. The van der Waals surface area contributed by atoms with E-state index in [1.165, 1.54) is 0 Å². The summed E-state index contributed by atoms with van der Waals surface area (Å²) >= 11 is 0. The zero-order valence-electron chi connectivity index (χ0n) is 17.7. The van der Waals surface area contributed by atoms with Crippen molar-refractivity contribution in [2.45, 2.75) is 26.4 Å². The number of rotatable bonds is 3. The van der Waals surface area contributed by atoms with Gasteiger partial charge in [-0.2, -0.15) is 4.99 Å². The van der Waals surface area contributed by atoms with Crippen LogP contribution in [-0.4, -0.2) is 42.9 Å². The number of benzene rings is 2. The average Bonchev–Trinajstić information content (AvgIpc) is 3.30. The molecule has 2 unspecified atom stereocenters. The van der Waals surface area contributed by atoms with E-state index in [0.717, 1.165) is 11.1 Å². The molecule has 0 bridgehead atoms. The fourth-order valence-electron chi connectivity index (χ4n) is 3.24. The third-order valence-electron chi connectivity index (χ3n) is 4.74. The molecule has 0 radical (unpaired) electrons. The number of nitrogens with two attached hydrogens (primary N) is 1. The first-order valence-electron chi connectivity index (χ1n) is 10.3. The number of hydrogen-bond donors (Lipinski definition) is 3. The molecule has 2 aliphatic rings. The Kier molecular flexibility index (Phi) is 7.50. The molecule has 0 saturated carbocycles. The minimum atomic E-state index is -1.13. The van der Waals surface area contributed by atoms with Crippen molar-refractivity contribution in [3.05, 3.63) is 65.7 Å². The third kappa shape index (κ3) is 5.35. The highest BCUT2D eigenvalue weighted by molar-refractivity contribution is 6.19. The van der Waals surface area contributed by atoms with Crippen molar-refractivity contribution >= 4 is 29.2 Å². The van der Waals surface area contributed by atoms with Gasteiger partial charge in [-0.1, -0.05) is 62.4 Å². The Bertz CT molecular complexity index is 982. The van der Waals surface area contributed by atoms with Crippen LogP contribution >= 0.6 is 0 Å². The van der Waals surface area contributed by atoms with Gasteiger partial charge in [-0.15, -0.1) is 0 Å². The maximum Gasteiger partial charge on any atom is 0.291 e. The van der Waals surface area contributed by atoms with Crippen molar-refractivity contribution in [2.24, 2.45) is 21.6 Å². The number of benzodiazepines with no additional fused rings is 1. The summed E-state index contributed by atoms with van der Waals surface area (Å²) in [6, 6.07) is 16.7. The summed E-state index contributed by atoms with van der Waals surface area (Å²) in [4.78, 5) is 21.4. The monoisotopic (exact) mass is 421 g/mol. The Hall–Kier alpha value is -3.52. The van der Waals surface area contributed by atoms with Crippen LogP contribution in [0.5, 0.6) is 0 Å². The summed E-state index contributed by atoms with van der Waals surface area (Å²) in [5.41, 5.74) is 8.79. The number of nitrogens with zero attached hydrogens (tertiary/aromatic N) is 2. The van der Waals surface area contributed by atoms with Crippen molar-refractivity contribution in [3.63, 3.8) is 0 Å². The van der Waals surface area contributed by atoms with E-state index in [0.29, 0.717) is 31.0 Å². The predicted octanol–water partition coefficient (Wildman–Crippen LogP) is 3.17. The van der Waals surface area contributed by atoms with Crippen LogP contribution < -0.4 is 11.1 Å². The lowest BCUT2D eigenvalue weighted by Crippen LogP contribution is -2.31. The molecule has 2 aromatic rings. The Morgan fingerprint density at radius 2 is 1.90 bits per heavy atom. The highest BCUT2D eigenvalue weighted by Crippen LogP contribution is 2.24. The van der Waals surface area contributed by atoms with Crippen LogP contribution in [0.2, 0.25) is 0 Å². The molecule has 0 aliphatic carbocycles. The third-order valence-corrected chi connectivity index (χ3v) is 4.74. The molecule has 1 fully saturated rings. The summed E-state index contributed by atoms with van der Waals surface area (Å²) in [6.07, 6.45) is -0.438. The van der Waals surface area contributed by atoms with Crippen LogP contribution in [0.15, 0.2) is 64.6 Å². The molecule has 4 rings (SSSR count). The van der Waals surface area contributed by atoms with Gasteiger partial charge in [-0.05, 0) is 12.5 Å². The molecule has 2 aromatic carbocycles. The van der Waals surface area contributed by atoms with Gasteiger partial charge in [-0.25, -0.2) is 4.99 Å². The molecule has 0 aromatic heterocycles. The number of ether oxygens (including phenoxy) is 2. The molecule has 8 nitrogen and oxygen atoms in total. The lowest BCUT2D eigenvalue weighted by atomic mass is 10.0. The summed E-state index contributed by atoms with van der Waals surface area (Å²) < 4.78 is 10.6. The first-order valence-corrected chi connectivity index (χ1v) is 10.3. The number of carbonyl (C=O) groups excluding carboxylic acids is 1. The first kappa shape index (κ1) is 22.2.